The van der Waals surface area contributed by atoms with Gasteiger partial charge in [0.05, 0.1) is 0 Å². The highest BCUT2D eigenvalue weighted by Gasteiger charge is 2.23. The number of rotatable bonds is 19. The number of nitrogens with zero attached hydrogens (tertiary/aromatic N) is 1. The van der Waals surface area contributed by atoms with Gasteiger partial charge in [0.2, 0.25) is 0 Å². The van der Waals surface area contributed by atoms with Crippen LogP contribution in [0.3, 0.4) is 0 Å². The van der Waals surface area contributed by atoms with Gasteiger partial charge in [0.1, 0.15) is 0 Å². The highest BCUT2D eigenvalue weighted by atomic mass is 32.2. The van der Waals surface area contributed by atoms with Crippen molar-refractivity contribution in [1.82, 2.24) is 4.90 Å². The van der Waals surface area contributed by atoms with Crippen LogP contribution in [-0.2, 0) is 0 Å². The molecule has 1 nitrogen and oxygen atoms in total. The molecule has 174 valence electrons. The Balaban J connectivity index is 4.90. The summed E-state index contributed by atoms with van der Waals surface area (Å²) in [6, 6.07) is 1.11. The summed E-state index contributed by atoms with van der Waals surface area (Å²) in [6.45, 7) is 17.6. The van der Waals surface area contributed by atoms with E-state index >= 15 is 0 Å². The average Bonchev–Trinajstić information content (AvgIpc) is 2.72. The lowest BCUT2D eigenvalue weighted by Crippen LogP contribution is -2.41. The number of hydrogen-bond acceptors (Lipinski definition) is 2. The number of likely N-dealkylation sites (N-methyl/N-ethyl adjacent to an activating group) is 1. The summed E-state index contributed by atoms with van der Waals surface area (Å²) in [5.74, 6) is 1.98. The smallest absolute Gasteiger partial charge is 0.0312 e. The van der Waals surface area contributed by atoms with Gasteiger partial charge in [-0.05, 0) is 82.8 Å². The molecule has 2 atom stereocenters. The van der Waals surface area contributed by atoms with Gasteiger partial charge in [0.25, 0.3) is 0 Å². The molecule has 0 aromatic heterocycles. The van der Waals surface area contributed by atoms with Crippen LogP contribution in [-0.4, -0.2) is 36.0 Å². The van der Waals surface area contributed by atoms with Gasteiger partial charge >= 0.3 is 0 Å². The third-order valence-electron chi connectivity index (χ3n) is 5.98. The molecule has 0 aromatic rings. The Labute approximate surface area is 194 Å². The van der Waals surface area contributed by atoms with Gasteiger partial charge in [-0.1, -0.05) is 76.1 Å². The van der Waals surface area contributed by atoms with Gasteiger partial charge in [-0.15, -0.1) is 6.58 Å². The quantitative estimate of drug-likeness (QED) is 0.148. The van der Waals surface area contributed by atoms with Crippen LogP contribution in [0.2, 0.25) is 0 Å². The second-order valence-corrected chi connectivity index (χ2v) is 9.96. The Hall–Kier alpha value is -0.730. The maximum absolute atomic E-state index is 4.54. The summed E-state index contributed by atoms with van der Waals surface area (Å²) in [5.41, 5.74) is 2.88. The van der Waals surface area contributed by atoms with E-state index in [1.165, 1.54) is 55.4 Å². The molecule has 0 radical (unpaired) electrons. The standard InChI is InChI=1S/C28H51NS/c1-9-12-21-27(16-10-2)29(7)28(22-23-30-8)25(6)18-13-14-19-26(11-3)20-15-17-24(4)5/h9,14,19-20,24,27-28H,1,6,10-13,15-18,21-23H2,2-5,7-8H3/b19-14-,26-20-/t27-,28?/m0/s1. The summed E-state index contributed by atoms with van der Waals surface area (Å²) in [7, 11) is 2.32. The minimum absolute atomic E-state index is 0.486. The van der Waals surface area contributed by atoms with Gasteiger partial charge in [-0.3, -0.25) is 4.90 Å². The Morgan fingerprint density at radius 1 is 1.03 bits per heavy atom. The van der Waals surface area contributed by atoms with Crippen molar-refractivity contribution in [2.45, 2.75) is 104 Å². The largest absolute Gasteiger partial charge is 0.297 e. The molecule has 0 spiro atoms. The summed E-state index contributed by atoms with van der Waals surface area (Å²) in [5, 5.41) is 0. The molecular formula is C28H51NS. The van der Waals surface area contributed by atoms with Crippen LogP contribution < -0.4 is 0 Å². The minimum atomic E-state index is 0.486. The van der Waals surface area contributed by atoms with Crippen molar-refractivity contribution < 1.29 is 0 Å². The predicted octanol–water partition coefficient (Wildman–Crippen LogP) is 8.84. The molecule has 0 bridgehead atoms. The van der Waals surface area contributed by atoms with Crippen LogP contribution in [0.5, 0.6) is 0 Å². The van der Waals surface area contributed by atoms with Crippen molar-refractivity contribution in [3.05, 3.63) is 48.6 Å². The fourth-order valence-corrected chi connectivity index (χ4v) is 4.44. The lowest BCUT2D eigenvalue weighted by molar-refractivity contribution is 0.170. The van der Waals surface area contributed by atoms with E-state index in [4.69, 9.17) is 0 Å². The van der Waals surface area contributed by atoms with Crippen LogP contribution in [0.1, 0.15) is 91.9 Å². The first-order valence-corrected chi connectivity index (χ1v) is 13.6. The summed E-state index contributed by atoms with van der Waals surface area (Å²) in [6.07, 6.45) is 23.2. The van der Waals surface area contributed by atoms with Crippen LogP contribution >= 0.6 is 11.8 Å². The lowest BCUT2D eigenvalue weighted by Gasteiger charge is -2.36. The molecule has 0 aliphatic rings. The molecule has 30 heavy (non-hydrogen) atoms. The Bertz CT molecular complexity index is 503. The zero-order valence-corrected chi connectivity index (χ0v) is 21.9. The van der Waals surface area contributed by atoms with E-state index in [0.717, 1.165) is 31.6 Å². The summed E-state index contributed by atoms with van der Waals surface area (Å²) in [4.78, 5) is 2.62. The van der Waals surface area contributed by atoms with Gasteiger partial charge < -0.3 is 0 Å². The SMILES string of the molecule is C=CCC[C@H](CCC)N(C)C(CCSC)C(=C)CC/C=C\C(=C/CCC(C)C)CC. The van der Waals surface area contributed by atoms with Crippen LogP contribution in [0, 0.1) is 5.92 Å². The molecule has 0 heterocycles. The third-order valence-corrected chi connectivity index (χ3v) is 6.63. The number of thioether (sulfide) groups is 1. The second-order valence-electron chi connectivity index (χ2n) is 8.97. The maximum Gasteiger partial charge on any atom is 0.0312 e. The molecule has 1 unspecified atom stereocenters. The van der Waals surface area contributed by atoms with Gasteiger partial charge in [0, 0.05) is 12.1 Å². The zero-order chi connectivity index (χ0) is 22.8. The monoisotopic (exact) mass is 433 g/mol. The molecule has 0 fully saturated rings. The molecule has 0 amide bonds. The predicted molar refractivity (Wildman–Crippen MR) is 143 cm³/mol. The van der Waals surface area contributed by atoms with Gasteiger partial charge in [0.15, 0.2) is 0 Å². The summed E-state index contributed by atoms with van der Waals surface area (Å²) < 4.78 is 0. The van der Waals surface area contributed by atoms with E-state index in [1.54, 1.807) is 0 Å². The molecule has 0 aliphatic heterocycles. The van der Waals surface area contributed by atoms with Crippen LogP contribution in [0.4, 0.5) is 0 Å². The van der Waals surface area contributed by atoms with Crippen LogP contribution in [0.15, 0.2) is 48.6 Å². The van der Waals surface area contributed by atoms with Crippen molar-refractivity contribution in [3.63, 3.8) is 0 Å². The van der Waals surface area contributed by atoms with Crippen molar-refractivity contribution >= 4 is 11.8 Å². The highest BCUT2D eigenvalue weighted by Crippen LogP contribution is 2.24. The van der Waals surface area contributed by atoms with E-state index in [9.17, 15) is 0 Å². The molecule has 0 rings (SSSR count). The van der Waals surface area contributed by atoms with E-state index in [-0.39, 0.29) is 0 Å². The first-order chi connectivity index (χ1) is 14.4. The second kappa shape index (κ2) is 19.0. The normalized spacial score (nSPS) is 14.6. The fraction of sp³-hybridized carbons (Fsp3) is 0.714. The fourth-order valence-electron chi connectivity index (χ4n) is 3.98. The van der Waals surface area contributed by atoms with E-state index in [0.29, 0.717) is 12.1 Å². The molecule has 2 heteroatoms. The van der Waals surface area contributed by atoms with Gasteiger partial charge in [-0.25, -0.2) is 0 Å². The Morgan fingerprint density at radius 2 is 1.77 bits per heavy atom. The molecule has 0 aromatic carbocycles. The first kappa shape index (κ1) is 29.3. The van der Waals surface area contributed by atoms with Crippen LogP contribution in [0.25, 0.3) is 0 Å². The average molecular weight is 434 g/mol. The third kappa shape index (κ3) is 13.5. The van der Waals surface area contributed by atoms with Crippen molar-refractivity contribution in [3.8, 4) is 0 Å². The molecule has 0 saturated heterocycles. The summed E-state index contributed by atoms with van der Waals surface area (Å²) >= 11 is 1.95. The maximum atomic E-state index is 4.54. The van der Waals surface area contributed by atoms with E-state index < -0.39 is 0 Å². The number of allylic oxidation sites excluding steroid dienone is 5. The molecular weight excluding hydrogens is 382 g/mol. The first-order valence-electron chi connectivity index (χ1n) is 12.3. The molecule has 0 aliphatic carbocycles. The van der Waals surface area contributed by atoms with Crippen molar-refractivity contribution in [1.29, 1.82) is 0 Å². The zero-order valence-electron chi connectivity index (χ0n) is 21.1. The lowest BCUT2D eigenvalue weighted by atomic mass is 9.95. The molecule has 0 saturated carbocycles. The number of hydrogen-bond donors (Lipinski definition) is 0. The van der Waals surface area contributed by atoms with Crippen molar-refractivity contribution in [2.24, 2.45) is 5.92 Å². The highest BCUT2D eigenvalue weighted by molar-refractivity contribution is 7.98. The Morgan fingerprint density at radius 3 is 2.33 bits per heavy atom. The van der Waals surface area contributed by atoms with Crippen molar-refractivity contribution in [2.75, 3.05) is 19.1 Å². The van der Waals surface area contributed by atoms with Gasteiger partial charge in [-0.2, -0.15) is 11.8 Å². The van der Waals surface area contributed by atoms with E-state index in [1.807, 2.05) is 11.8 Å². The molecule has 0 N–H and O–H groups in total. The topological polar surface area (TPSA) is 3.24 Å². The van der Waals surface area contributed by atoms with E-state index in [2.05, 4.69) is 83.4 Å². The minimum Gasteiger partial charge on any atom is -0.297 e. The Kier molecular flexibility index (Phi) is 18.5.